The van der Waals surface area contributed by atoms with Crippen molar-refractivity contribution in [1.82, 2.24) is 19.7 Å². The summed E-state index contributed by atoms with van der Waals surface area (Å²) in [6.45, 7) is 1.83. The molecule has 0 spiro atoms. The normalized spacial score (nSPS) is 11.0. The Morgan fingerprint density at radius 1 is 1.16 bits per heavy atom. The lowest BCUT2D eigenvalue weighted by molar-refractivity contribution is 0.256. The molecule has 0 aliphatic heterocycles. The molecule has 0 fully saturated rings. The lowest BCUT2D eigenvalue weighted by Crippen LogP contribution is -2.35. The third-order valence-electron chi connectivity index (χ3n) is 2.97. The predicted molar refractivity (Wildman–Crippen MR) is 94.2 cm³/mol. The summed E-state index contributed by atoms with van der Waals surface area (Å²) in [6, 6.07) is 5.09. The van der Waals surface area contributed by atoms with E-state index >= 15 is 0 Å². The number of amides is 2. The highest BCUT2D eigenvalue weighted by atomic mass is 35.5. The largest absolute Gasteiger partial charge is 0.347 e. The SMILES string of the molecule is Cc1ccc(S(=O)(=O)NC(=O)Nc2nc(CCl)nc(N(C)C)n2)cc1. The minimum atomic E-state index is -4.01. The van der Waals surface area contributed by atoms with Gasteiger partial charge in [-0.25, -0.2) is 17.9 Å². The summed E-state index contributed by atoms with van der Waals surface area (Å²) in [6.07, 6.45) is 0. The van der Waals surface area contributed by atoms with Crippen molar-refractivity contribution in [1.29, 1.82) is 0 Å². The van der Waals surface area contributed by atoms with Gasteiger partial charge >= 0.3 is 6.03 Å². The topological polar surface area (TPSA) is 117 Å². The van der Waals surface area contributed by atoms with E-state index in [0.717, 1.165) is 5.56 Å². The second kappa shape index (κ2) is 7.62. The molecule has 0 saturated heterocycles. The Bertz CT molecular complexity index is 871. The molecular weight excluding hydrogens is 368 g/mol. The quantitative estimate of drug-likeness (QED) is 0.750. The zero-order valence-corrected chi connectivity index (χ0v) is 15.4. The minimum absolute atomic E-state index is 0.0152. The van der Waals surface area contributed by atoms with E-state index in [-0.39, 0.29) is 28.5 Å². The van der Waals surface area contributed by atoms with Gasteiger partial charge in [-0.1, -0.05) is 17.7 Å². The van der Waals surface area contributed by atoms with Crippen molar-refractivity contribution >= 4 is 39.6 Å². The van der Waals surface area contributed by atoms with Crippen LogP contribution >= 0.6 is 11.6 Å². The lowest BCUT2D eigenvalue weighted by Gasteiger charge is -2.13. The molecule has 0 aliphatic rings. The molecule has 0 saturated carbocycles. The zero-order chi connectivity index (χ0) is 18.6. The van der Waals surface area contributed by atoms with Gasteiger partial charge in [0.25, 0.3) is 10.0 Å². The fourth-order valence-electron chi connectivity index (χ4n) is 1.75. The number of halogens is 1. The number of carbonyl (C=O) groups is 1. The maximum absolute atomic E-state index is 12.2. The summed E-state index contributed by atoms with van der Waals surface area (Å²) < 4.78 is 26.3. The Hall–Kier alpha value is -2.46. The Balaban J connectivity index is 2.17. The number of carbonyl (C=O) groups excluding carboxylic acids is 1. The molecule has 2 rings (SSSR count). The van der Waals surface area contributed by atoms with E-state index in [2.05, 4.69) is 20.3 Å². The fourth-order valence-corrected chi connectivity index (χ4v) is 2.78. The Kier molecular flexibility index (Phi) is 5.75. The first-order chi connectivity index (χ1) is 11.7. The molecule has 134 valence electrons. The molecule has 2 N–H and O–H groups in total. The van der Waals surface area contributed by atoms with Gasteiger partial charge in [-0.2, -0.15) is 15.0 Å². The molecule has 9 nitrogen and oxygen atoms in total. The van der Waals surface area contributed by atoms with Crippen LogP contribution in [0.1, 0.15) is 11.4 Å². The summed E-state index contributed by atoms with van der Waals surface area (Å²) in [5, 5.41) is 2.27. The second-order valence-corrected chi connectivity index (χ2v) is 7.23. The van der Waals surface area contributed by atoms with Crippen LogP contribution in [0, 0.1) is 6.92 Å². The van der Waals surface area contributed by atoms with Gasteiger partial charge in [0.05, 0.1) is 10.8 Å². The van der Waals surface area contributed by atoms with E-state index < -0.39 is 16.1 Å². The maximum atomic E-state index is 12.2. The van der Waals surface area contributed by atoms with Gasteiger partial charge in [0.1, 0.15) is 0 Å². The molecule has 11 heteroatoms. The molecule has 2 aromatic rings. The first-order valence-electron chi connectivity index (χ1n) is 7.10. The highest BCUT2D eigenvalue weighted by molar-refractivity contribution is 7.90. The molecule has 2 amide bonds. The molecule has 1 aromatic heterocycles. The number of nitrogens with one attached hydrogen (secondary N) is 2. The number of sulfonamides is 1. The van der Waals surface area contributed by atoms with Crippen LogP contribution in [0.5, 0.6) is 0 Å². The van der Waals surface area contributed by atoms with Crippen molar-refractivity contribution < 1.29 is 13.2 Å². The summed E-state index contributed by atoms with van der Waals surface area (Å²) >= 11 is 5.72. The average molecular weight is 385 g/mol. The van der Waals surface area contributed by atoms with Crippen LogP contribution in [0.15, 0.2) is 29.2 Å². The van der Waals surface area contributed by atoms with Crippen LogP contribution in [-0.2, 0) is 15.9 Å². The van der Waals surface area contributed by atoms with E-state index in [1.807, 2.05) is 11.6 Å². The number of aryl methyl sites for hydroxylation is 1. The Morgan fingerprint density at radius 3 is 2.36 bits per heavy atom. The van der Waals surface area contributed by atoms with Crippen molar-refractivity contribution in [2.45, 2.75) is 17.7 Å². The van der Waals surface area contributed by atoms with Gasteiger partial charge in [-0.05, 0) is 19.1 Å². The molecule has 25 heavy (non-hydrogen) atoms. The third-order valence-corrected chi connectivity index (χ3v) is 4.56. The van der Waals surface area contributed by atoms with Crippen LogP contribution in [-0.4, -0.2) is 43.5 Å². The van der Waals surface area contributed by atoms with Gasteiger partial charge in [0.15, 0.2) is 5.82 Å². The van der Waals surface area contributed by atoms with Gasteiger partial charge in [-0.3, -0.25) is 5.32 Å². The summed E-state index contributed by atoms with van der Waals surface area (Å²) in [5.41, 5.74) is 0.901. The van der Waals surface area contributed by atoms with Crippen molar-refractivity contribution in [3.8, 4) is 0 Å². The van der Waals surface area contributed by atoms with E-state index in [1.54, 1.807) is 31.1 Å². The number of urea groups is 1. The average Bonchev–Trinajstić information content (AvgIpc) is 2.54. The number of hydrogen-bond donors (Lipinski definition) is 2. The highest BCUT2D eigenvalue weighted by Crippen LogP contribution is 2.12. The van der Waals surface area contributed by atoms with Crippen molar-refractivity contribution in [3.05, 3.63) is 35.7 Å². The zero-order valence-electron chi connectivity index (χ0n) is 13.8. The van der Waals surface area contributed by atoms with Gasteiger partial charge in [-0.15, -0.1) is 11.6 Å². The summed E-state index contributed by atoms with van der Waals surface area (Å²) in [4.78, 5) is 25.6. The Labute approximate surface area is 150 Å². The summed E-state index contributed by atoms with van der Waals surface area (Å²) in [7, 11) is -0.593. The van der Waals surface area contributed by atoms with Gasteiger partial charge < -0.3 is 4.90 Å². The summed E-state index contributed by atoms with van der Waals surface area (Å²) in [5.74, 6) is 0.437. The van der Waals surface area contributed by atoms with Crippen molar-refractivity contribution in [2.24, 2.45) is 0 Å². The van der Waals surface area contributed by atoms with Crippen molar-refractivity contribution in [2.75, 3.05) is 24.3 Å². The van der Waals surface area contributed by atoms with Gasteiger partial charge in [0.2, 0.25) is 11.9 Å². The number of hydrogen-bond acceptors (Lipinski definition) is 7. The smallest absolute Gasteiger partial charge is 0.335 e. The number of nitrogens with zero attached hydrogens (tertiary/aromatic N) is 4. The molecule has 0 bridgehead atoms. The molecule has 1 heterocycles. The molecule has 0 unspecified atom stereocenters. The molecular formula is C14H17ClN6O3S. The van der Waals surface area contributed by atoms with E-state index in [9.17, 15) is 13.2 Å². The van der Waals surface area contributed by atoms with E-state index in [4.69, 9.17) is 11.6 Å². The first-order valence-corrected chi connectivity index (χ1v) is 9.12. The van der Waals surface area contributed by atoms with Crippen LogP contribution in [0.2, 0.25) is 0 Å². The number of alkyl halides is 1. The number of benzene rings is 1. The monoisotopic (exact) mass is 384 g/mol. The molecule has 0 aliphatic carbocycles. The first kappa shape index (κ1) is 18.9. The lowest BCUT2D eigenvalue weighted by atomic mass is 10.2. The third kappa shape index (κ3) is 5.00. The van der Waals surface area contributed by atoms with Gasteiger partial charge in [0, 0.05) is 14.1 Å². The molecule has 1 aromatic carbocycles. The van der Waals surface area contributed by atoms with Crippen LogP contribution in [0.4, 0.5) is 16.7 Å². The number of aromatic nitrogens is 3. The predicted octanol–water partition coefficient (Wildman–Crippen LogP) is 1.50. The minimum Gasteiger partial charge on any atom is -0.347 e. The Morgan fingerprint density at radius 2 is 1.80 bits per heavy atom. The van der Waals surface area contributed by atoms with Crippen LogP contribution in [0.3, 0.4) is 0 Å². The van der Waals surface area contributed by atoms with E-state index in [1.165, 1.54) is 12.1 Å². The number of rotatable bonds is 5. The molecule has 0 radical (unpaired) electrons. The van der Waals surface area contributed by atoms with E-state index in [0.29, 0.717) is 0 Å². The highest BCUT2D eigenvalue weighted by Gasteiger charge is 2.18. The molecule has 0 atom stereocenters. The maximum Gasteiger partial charge on any atom is 0.335 e. The fraction of sp³-hybridized carbons (Fsp3) is 0.286. The van der Waals surface area contributed by atoms with Crippen LogP contribution in [0.25, 0.3) is 0 Å². The van der Waals surface area contributed by atoms with Crippen LogP contribution < -0.4 is 14.9 Å². The second-order valence-electron chi connectivity index (χ2n) is 5.28. The standard InChI is InChI=1S/C14H17ClN6O3S/c1-9-4-6-10(7-5-9)25(23,24)20-14(22)19-12-16-11(8-15)17-13(18-12)21(2)3/h4-7H,8H2,1-3H3,(H2,16,17,18,19,20,22). The van der Waals surface area contributed by atoms with Crippen molar-refractivity contribution in [3.63, 3.8) is 0 Å². The number of anilines is 2.